The van der Waals surface area contributed by atoms with Crippen molar-refractivity contribution in [3.63, 3.8) is 0 Å². The van der Waals surface area contributed by atoms with E-state index in [2.05, 4.69) is 16.7 Å². The van der Waals surface area contributed by atoms with E-state index in [0.29, 0.717) is 19.4 Å². The number of carbonyl (C=O) groups is 1. The number of fused-ring (bicyclic) bond motifs is 1. The highest BCUT2D eigenvalue weighted by Gasteiger charge is 2.45. The normalized spacial score (nSPS) is 15.2. The average molecular weight is 531 g/mol. The molecule has 0 unspecified atom stereocenters. The Labute approximate surface area is 197 Å². The standard InChI is InChI=1S/C19H19Cl2F3N2O4S2/c1-2-7-25-8-5-12-3-4-14(10-13(12)6-9-25)26(30-18(27)19(22,23)24)32(28,29)15-11-16(20)31-17(15)21/h3-4,10-11H,2,5-9H2,1H3. The first-order valence-electron chi connectivity index (χ1n) is 9.57. The number of thiophene rings is 1. The Hall–Kier alpha value is -1.53. The Bertz CT molecular complexity index is 1110. The van der Waals surface area contributed by atoms with Gasteiger partial charge in [-0.15, -0.1) is 11.3 Å². The molecule has 0 spiro atoms. The Morgan fingerprint density at radius 1 is 1.19 bits per heavy atom. The molecule has 1 aliphatic heterocycles. The lowest BCUT2D eigenvalue weighted by Gasteiger charge is -2.23. The average Bonchev–Trinajstić information content (AvgIpc) is 2.93. The van der Waals surface area contributed by atoms with Crippen LogP contribution in [0.4, 0.5) is 18.9 Å². The summed E-state index contributed by atoms with van der Waals surface area (Å²) in [5, 5.41) is 0. The third-order valence-corrected chi connectivity index (χ3v) is 8.18. The zero-order valence-corrected chi connectivity index (χ0v) is 19.9. The van der Waals surface area contributed by atoms with Crippen LogP contribution in [-0.4, -0.2) is 45.1 Å². The number of rotatable bonds is 6. The molecule has 1 aliphatic rings. The molecule has 1 aromatic heterocycles. The van der Waals surface area contributed by atoms with Crippen molar-refractivity contribution in [2.45, 2.75) is 37.3 Å². The lowest BCUT2D eigenvalue weighted by Crippen LogP contribution is -2.38. The van der Waals surface area contributed by atoms with Gasteiger partial charge in [-0.1, -0.05) is 40.7 Å². The highest BCUT2D eigenvalue weighted by atomic mass is 35.5. The first-order chi connectivity index (χ1) is 14.9. The molecule has 0 aliphatic carbocycles. The Morgan fingerprint density at radius 2 is 1.84 bits per heavy atom. The van der Waals surface area contributed by atoms with Gasteiger partial charge in [0.05, 0.1) is 10.0 Å². The second-order valence-electron chi connectivity index (χ2n) is 7.09. The fourth-order valence-electron chi connectivity index (χ4n) is 3.37. The number of halogens is 5. The third-order valence-electron chi connectivity index (χ3n) is 4.85. The molecule has 0 bridgehead atoms. The number of hydrogen-bond acceptors (Lipinski definition) is 6. The molecule has 2 aromatic rings. The molecule has 6 nitrogen and oxygen atoms in total. The molecule has 0 N–H and O–H groups in total. The number of benzene rings is 1. The van der Waals surface area contributed by atoms with Crippen molar-refractivity contribution in [1.29, 1.82) is 0 Å². The molecule has 3 rings (SSSR count). The summed E-state index contributed by atoms with van der Waals surface area (Å²) in [5.74, 6) is -2.68. The largest absolute Gasteiger partial charge is 0.493 e. The van der Waals surface area contributed by atoms with E-state index < -0.39 is 27.1 Å². The van der Waals surface area contributed by atoms with Gasteiger partial charge in [-0.2, -0.15) is 21.6 Å². The van der Waals surface area contributed by atoms with E-state index in [9.17, 15) is 26.4 Å². The first-order valence-corrected chi connectivity index (χ1v) is 12.6. The van der Waals surface area contributed by atoms with Crippen molar-refractivity contribution in [1.82, 2.24) is 4.90 Å². The van der Waals surface area contributed by atoms with E-state index in [1.165, 1.54) is 12.1 Å². The minimum absolute atomic E-state index is 0.00798. The molecule has 0 saturated carbocycles. The van der Waals surface area contributed by atoms with Gasteiger partial charge in [0.25, 0.3) is 10.0 Å². The van der Waals surface area contributed by atoms with Crippen molar-refractivity contribution in [3.05, 3.63) is 44.1 Å². The zero-order chi connectivity index (χ0) is 23.7. The fourth-order valence-corrected chi connectivity index (χ4v) is 6.72. The summed E-state index contributed by atoms with van der Waals surface area (Å²) >= 11 is 12.5. The van der Waals surface area contributed by atoms with E-state index in [0.717, 1.165) is 48.0 Å². The van der Waals surface area contributed by atoms with E-state index in [1.807, 2.05) is 0 Å². The van der Waals surface area contributed by atoms with Crippen LogP contribution in [0.25, 0.3) is 0 Å². The second-order valence-corrected chi connectivity index (χ2v) is 11.1. The van der Waals surface area contributed by atoms with Gasteiger partial charge < -0.3 is 9.74 Å². The molecule has 1 aromatic carbocycles. The van der Waals surface area contributed by atoms with Crippen LogP contribution >= 0.6 is 34.5 Å². The maximum atomic E-state index is 13.1. The summed E-state index contributed by atoms with van der Waals surface area (Å²) < 4.78 is 64.7. The van der Waals surface area contributed by atoms with Crippen molar-refractivity contribution in [2.24, 2.45) is 0 Å². The number of hydrogen-bond donors (Lipinski definition) is 0. The van der Waals surface area contributed by atoms with Crippen LogP contribution in [0.1, 0.15) is 24.5 Å². The van der Waals surface area contributed by atoms with Crippen LogP contribution < -0.4 is 4.47 Å². The van der Waals surface area contributed by atoms with Crippen LogP contribution in [0, 0.1) is 0 Å². The molecule has 0 saturated heterocycles. The number of anilines is 1. The zero-order valence-electron chi connectivity index (χ0n) is 16.8. The van der Waals surface area contributed by atoms with E-state index in [-0.39, 0.29) is 18.8 Å². The smallest absolute Gasteiger partial charge is 0.317 e. The maximum absolute atomic E-state index is 13.1. The molecule has 32 heavy (non-hydrogen) atoms. The van der Waals surface area contributed by atoms with Gasteiger partial charge in [-0.05, 0) is 55.1 Å². The Balaban J connectivity index is 2.03. The van der Waals surface area contributed by atoms with Crippen LogP contribution in [0.15, 0.2) is 29.2 Å². The first kappa shape index (κ1) is 25.1. The summed E-state index contributed by atoms with van der Waals surface area (Å²) in [6.45, 7) is 4.50. The van der Waals surface area contributed by atoms with E-state index >= 15 is 0 Å². The lowest BCUT2D eigenvalue weighted by molar-refractivity contribution is -0.199. The monoisotopic (exact) mass is 530 g/mol. The molecule has 0 radical (unpaired) electrons. The molecular formula is C19H19Cl2F3N2O4S2. The number of alkyl halides is 3. The van der Waals surface area contributed by atoms with Crippen LogP contribution in [0.5, 0.6) is 0 Å². The molecule has 0 amide bonds. The van der Waals surface area contributed by atoms with Gasteiger partial charge in [0.1, 0.15) is 9.23 Å². The Morgan fingerprint density at radius 3 is 2.41 bits per heavy atom. The van der Waals surface area contributed by atoms with Gasteiger partial charge in [0, 0.05) is 13.1 Å². The van der Waals surface area contributed by atoms with Gasteiger partial charge in [-0.25, -0.2) is 4.79 Å². The van der Waals surface area contributed by atoms with Gasteiger partial charge in [0.15, 0.2) is 0 Å². The lowest BCUT2D eigenvalue weighted by atomic mass is 10.0. The van der Waals surface area contributed by atoms with Crippen molar-refractivity contribution < 1.29 is 31.2 Å². The van der Waals surface area contributed by atoms with Crippen molar-refractivity contribution in [3.8, 4) is 0 Å². The molecule has 176 valence electrons. The molecule has 2 heterocycles. The summed E-state index contributed by atoms with van der Waals surface area (Å²) in [5.41, 5.74) is 1.46. The van der Waals surface area contributed by atoms with E-state index in [1.54, 1.807) is 6.07 Å². The van der Waals surface area contributed by atoms with Crippen LogP contribution in [0.2, 0.25) is 8.67 Å². The predicted octanol–water partition coefficient (Wildman–Crippen LogP) is 5.08. The van der Waals surface area contributed by atoms with Crippen LogP contribution in [-0.2, 0) is 32.5 Å². The number of nitrogens with zero attached hydrogens (tertiary/aromatic N) is 2. The summed E-state index contributed by atoms with van der Waals surface area (Å²) in [6, 6.07) is 5.35. The highest BCUT2D eigenvalue weighted by Crippen LogP contribution is 2.38. The fraction of sp³-hybridized carbons (Fsp3) is 0.421. The molecule has 0 atom stereocenters. The van der Waals surface area contributed by atoms with Crippen LogP contribution in [0.3, 0.4) is 0 Å². The molecule has 13 heteroatoms. The van der Waals surface area contributed by atoms with Gasteiger partial charge in [0.2, 0.25) is 0 Å². The Kier molecular flexibility index (Phi) is 7.66. The quantitative estimate of drug-likeness (QED) is 0.487. The summed E-state index contributed by atoms with van der Waals surface area (Å²) in [7, 11) is -4.80. The second kappa shape index (κ2) is 9.76. The maximum Gasteiger partial charge on any atom is 0.493 e. The van der Waals surface area contributed by atoms with Gasteiger partial charge in [-0.3, -0.25) is 0 Å². The molecular weight excluding hydrogens is 512 g/mol. The predicted molar refractivity (Wildman–Crippen MR) is 117 cm³/mol. The van der Waals surface area contributed by atoms with Crippen molar-refractivity contribution >= 4 is 56.2 Å². The topological polar surface area (TPSA) is 66.9 Å². The minimum Gasteiger partial charge on any atom is -0.317 e. The van der Waals surface area contributed by atoms with Crippen molar-refractivity contribution in [2.75, 3.05) is 24.1 Å². The SMILES string of the molecule is CCCN1CCc2ccc(N(OC(=O)C(F)(F)F)S(=O)(=O)c3cc(Cl)sc3Cl)cc2CC1. The number of sulfonamides is 1. The minimum atomic E-state index is -5.41. The number of carbonyl (C=O) groups excluding carboxylic acids is 1. The third kappa shape index (κ3) is 5.51. The summed E-state index contributed by atoms with van der Waals surface area (Å²) in [4.78, 5) is 17.6. The highest BCUT2D eigenvalue weighted by molar-refractivity contribution is 7.93. The summed E-state index contributed by atoms with van der Waals surface area (Å²) in [6.07, 6.45) is -3.16. The van der Waals surface area contributed by atoms with Gasteiger partial charge >= 0.3 is 12.1 Å². The van der Waals surface area contributed by atoms with E-state index in [4.69, 9.17) is 23.2 Å². The molecule has 0 fully saturated rings.